The molecule has 0 atom stereocenters. The van der Waals surface area contributed by atoms with E-state index in [9.17, 15) is 4.79 Å². The van der Waals surface area contributed by atoms with Gasteiger partial charge in [-0.15, -0.1) is 0 Å². The summed E-state index contributed by atoms with van der Waals surface area (Å²) in [5, 5.41) is 0.920. The molecule has 26 heavy (non-hydrogen) atoms. The molecule has 5 heteroatoms. The van der Waals surface area contributed by atoms with Crippen molar-refractivity contribution in [1.29, 1.82) is 0 Å². The van der Waals surface area contributed by atoms with Gasteiger partial charge in [0, 0.05) is 21.8 Å². The Balaban J connectivity index is 1.97. The van der Waals surface area contributed by atoms with Crippen molar-refractivity contribution < 1.29 is 14.3 Å². The van der Waals surface area contributed by atoms with E-state index < -0.39 is 0 Å². The summed E-state index contributed by atoms with van der Waals surface area (Å²) >= 11 is 3.47. The molecule has 1 heterocycles. The number of halogens is 1. The van der Waals surface area contributed by atoms with E-state index in [0.717, 1.165) is 26.9 Å². The number of nitrogens with zero attached hydrogens (tertiary/aromatic N) is 1. The number of fused-ring (bicyclic) bond motifs is 1. The van der Waals surface area contributed by atoms with Crippen molar-refractivity contribution in [2.75, 3.05) is 7.11 Å². The average Bonchev–Trinajstić information content (AvgIpc) is 2.66. The lowest BCUT2D eigenvalue weighted by atomic mass is 10.1. The predicted molar refractivity (Wildman–Crippen MR) is 107 cm³/mol. The Morgan fingerprint density at radius 1 is 1.12 bits per heavy atom. The van der Waals surface area contributed by atoms with Crippen LogP contribution >= 0.6 is 15.9 Å². The number of carbonyl (C=O) groups is 1. The van der Waals surface area contributed by atoms with Gasteiger partial charge in [-0.3, -0.25) is 4.79 Å². The molecule has 0 aliphatic rings. The molecular weight excluding hydrogens is 394 g/mol. The number of hydrogen-bond donors (Lipinski definition) is 0. The number of hydrogen-bond acceptors (Lipinski definition) is 4. The minimum Gasteiger partial charge on any atom is -0.496 e. The van der Waals surface area contributed by atoms with Gasteiger partial charge in [-0.05, 0) is 42.5 Å². The standard InChI is InChI=1S/C21H18BrNO3/c1-3-20(24)26-19-6-4-5-14-7-10-17(23-21(14)19)11-8-15-13-16(22)9-12-18(15)25-2/h4-13H,3H2,1-2H3. The molecule has 0 spiro atoms. The van der Waals surface area contributed by atoms with Gasteiger partial charge < -0.3 is 9.47 Å². The molecule has 0 aliphatic carbocycles. The lowest BCUT2D eigenvalue weighted by Gasteiger charge is -2.07. The van der Waals surface area contributed by atoms with Crippen LogP contribution in [0.1, 0.15) is 24.6 Å². The van der Waals surface area contributed by atoms with Gasteiger partial charge in [-0.1, -0.05) is 41.1 Å². The summed E-state index contributed by atoms with van der Waals surface area (Å²) in [7, 11) is 1.64. The number of aromatic nitrogens is 1. The first-order valence-electron chi connectivity index (χ1n) is 8.23. The van der Waals surface area contributed by atoms with Gasteiger partial charge >= 0.3 is 5.97 Å². The van der Waals surface area contributed by atoms with Crippen molar-refractivity contribution in [3.8, 4) is 11.5 Å². The number of para-hydroxylation sites is 1. The van der Waals surface area contributed by atoms with E-state index in [-0.39, 0.29) is 5.97 Å². The van der Waals surface area contributed by atoms with Crippen LogP contribution in [0.25, 0.3) is 23.1 Å². The van der Waals surface area contributed by atoms with E-state index in [1.165, 1.54) is 0 Å². The Morgan fingerprint density at radius 2 is 1.96 bits per heavy atom. The highest BCUT2D eigenvalue weighted by atomic mass is 79.9. The van der Waals surface area contributed by atoms with Crippen molar-refractivity contribution in [1.82, 2.24) is 4.98 Å². The number of methoxy groups -OCH3 is 1. The Bertz CT molecular complexity index is 982. The zero-order valence-corrected chi connectivity index (χ0v) is 16.1. The summed E-state index contributed by atoms with van der Waals surface area (Å²) < 4.78 is 11.7. The molecule has 0 bridgehead atoms. The van der Waals surface area contributed by atoms with Crippen LogP contribution in [0.3, 0.4) is 0 Å². The molecule has 0 saturated heterocycles. The molecule has 2 aromatic carbocycles. The number of benzene rings is 2. The maximum Gasteiger partial charge on any atom is 0.310 e. The third-order valence-corrected chi connectivity index (χ3v) is 4.34. The fourth-order valence-corrected chi connectivity index (χ4v) is 2.89. The Kier molecular flexibility index (Phi) is 5.68. The quantitative estimate of drug-likeness (QED) is 0.411. The molecule has 0 unspecified atom stereocenters. The van der Waals surface area contributed by atoms with Crippen LogP contribution in [0, 0.1) is 0 Å². The molecule has 0 radical (unpaired) electrons. The van der Waals surface area contributed by atoms with Gasteiger partial charge in [-0.25, -0.2) is 4.98 Å². The molecule has 0 amide bonds. The molecule has 0 aliphatic heterocycles. The van der Waals surface area contributed by atoms with Crippen molar-refractivity contribution in [2.24, 2.45) is 0 Å². The van der Waals surface area contributed by atoms with Crippen LogP contribution in [0.4, 0.5) is 0 Å². The highest BCUT2D eigenvalue weighted by molar-refractivity contribution is 9.10. The zero-order chi connectivity index (χ0) is 18.5. The van der Waals surface area contributed by atoms with E-state index in [2.05, 4.69) is 20.9 Å². The zero-order valence-electron chi connectivity index (χ0n) is 14.5. The highest BCUT2D eigenvalue weighted by Crippen LogP contribution is 2.27. The van der Waals surface area contributed by atoms with E-state index in [1.54, 1.807) is 20.1 Å². The molecule has 0 N–H and O–H groups in total. The smallest absolute Gasteiger partial charge is 0.310 e. The molecule has 0 fully saturated rings. The largest absolute Gasteiger partial charge is 0.496 e. The van der Waals surface area contributed by atoms with Gasteiger partial charge in [0.25, 0.3) is 0 Å². The van der Waals surface area contributed by atoms with Gasteiger partial charge in [0.2, 0.25) is 0 Å². The van der Waals surface area contributed by atoms with Crippen LogP contribution in [-0.2, 0) is 4.79 Å². The Morgan fingerprint density at radius 3 is 2.73 bits per heavy atom. The number of carbonyl (C=O) groups excluding carboxylic acids is 1. The summed E-state index contributed by atoms with van der Waals surface area (Å²) in [5.74, 6) is 0.978. The number of esters is 1. The minimum atomic E-state index is -0.279. The molecule has 3 rings (SSSR count). The SMILES string of the molecule is CCC(=O)Oc1cccc2ccc(C=Cc3cc(Br)ccc3OC)nc12. The number of ether oxygens (including phenoxy) is 2. The summed E-state index contributed by atoms with van der Waals surface area (Å²) in [6.07, 6.45) is 4.17. The molecule has 132 valence electrons. The fourth-order valence-electron chi connectivity index (χ4n) is 2.52. The maximum atomic E-state index is 11.6. The average molecular weight is 412 g/mol. The Hall–Kier alpha value is -2.66. The molecule has 3 aromatic rings. The van der Waals surface area contributed by atoms with Crippen molar-refractivity contribution >= 4 is 45.0 Å². The van der Waals surface area contributed by atoms with Gasteiger partial charge in [0.1, 0.15) is 11.3 Å². The first kappa shape index (κ1) is 18.1. The molecular formula is C21H18BrNO3. The van der Waals surface area contributed by atoms with E-state index >= 15 is 0 Å². The topological polar surface area (TPSA) is 48.4 Å². The molecule has 0 saturated carbocycles. The second-order valence-electron chi connectivity index (χ2n) is 5.61. The fraction of sp³-hybridized carbons (Fsp3) is 0.143. The van der Waals surface area contributed by atoms with Crippen LogP contribution in [0.5, 0.6) is 11.5 Å². The van der Waals surface area contributed by atoms with Crippen LogP contribution in [0.2, 0.25) is 0 Å². The third kappa shape index (κ3) is 4.11. The predicted octanol–water partition coefficient (Wildman–Crippen LogP) is 5.49. The van der Waals surface area contributed by atoms with E-state index in [1.807, 2.05) is 54.6 Å². The van der Waals surface area contributed by atoms with Gasteiger partial charge in [0.05, 0.1) is 12.8 Å². The van der Waals surface area contributed by atoms with Gasteiger partial charge in [0.15, 0.2) is 5.75 Å². The monoisotopic (exact) mass is 411 g/mol. The lowest BCUT2D eigenvalue weighted by Crippen LogP contribution is -2.06. The molecule has 4 nitrogen and oxygen atoms in total. The summed E-state index contributed by atoms with van der Waals surface area (Å²) in [4.78, 5) is 16.3. The van der Waals surface area contributed by atoms with E-state index in [4.69, 9.17) is 9.47 Å². The summed E-state index contributed by atoms with van der Waals surface area (Å²) in [6.45, 7) is 1.76. The number of rotatable bonds is 5. The summed E-state index contributed by atoms with van der Waals surface area (Å²) in [5.41, 5.74) is 2.37. The third-order valence-electron chi connectivity index (χ3n) is 3.84. The van der Waals surface area contributed by atoms with Crippen LogP contribution in [-0.4, -0.2) is 18.1 Å². The van der Waals surface area contributed by atoms with Crippen molar-refractivity contribution in [3.05, 3.63) is 64.3 Å². The minimum absolute atomic E-state index is 0.279. The summed E-state index contributed by atoms with van der Waals surface area (Å²) in [6, 6.07) is 15.2. The highest BCUT2D eigenvalue weighted by Gasteiger charge is 2.08. The normalized spacial score (nSPS) is 11.0. The number of pyridine rings is 1. The van der Waals surface area contributed by atoms with Gasteiger partial charge in [-0.2, -0.15) is 0 Å². The van der Waals surface area contributed by atoms with Crippen LogP contribution in [0.15, 0.2) is 53.0 Å². The second kappa shape index (κ2) is 8.15. The second-order valence-corrected chi connectivity index (χ2v) is 6.53. The van der Waals surface area contributed by atoms with Crippen molar-refractivity contribution in [3.63, 3.8) is 0 Å². The first-order valence-corrected chi connectivity index (χ1v) is 9.02. The first-order chi connectivity index (χ1) is 12.6. The lowest BCUT2D eigenvalue weighted by molar-refractivity contribution is -0.133. The van der Waals surface area contributed by atoms with E-state index in [0.29, 0.717) is 17.7 Å². The van der Waals surface area contributed by atoms with Crippen LogP contribution < -0.4 is 9.47 Å². The maximum absolute atomic E-state index is 11.6. The molecule has 1 aromatic heterocycles. The Labute approximate surface area is 160 Å². The van der Waals surface area contributed by atoms with Crippen molar-refractivity contribution in [2.45, 2.75) is 13.3 Å².